The normalized spacial score (nSPS) is 10.6. The van der Waals surface area contributed by atoms with E-state index in [1.165, 1.54) is 18.2 Å². The molecule has 20 heavy (non-hydrogen) atoms. The van der Waals surface area contributed by atoms with Crippen molar-refractivity contribution >= 4 is 35.0 Å². The van der Waals surface area contributed by atoms with Gasteiger partial charge in [0.2, 0.25) is 0 Å². The number of carboxylic acid groups (broad SMARTS) is 1. The minimum atomic E-state index is -1.20. The van der Waals surface area contributed by atoms with Crippen LogP contribution >= 0.6 is 23.4 Å². The van der Waals surface area contributed by atoms with Gasteiger partial charge < -0.3 is 10.8 Å². The maximum Gasteiger partial charge on any atom is 0.336 e. The molecule has 0 unspecified atom stereocenters. The van der Waals surface area contributed by atoms with Gasteiger partial charge in [0.1, 0.15) is 0 Å². The number of hydrogen-bond acceptors (Lipinski definition) is 3. The summed E-state index contributed by atoms with van der Waals surface area (Å²) >= 11 is 6.89. The summed E-state index contributed by atoms with van der Waals surface area (Å²) in [7, 11) is 0. The Morgan fingerprint density at radius 2 is 1.90 bits per heavy atom. The third-order valence-electron chi connectivity index (χ3n) is 2.41. The predicted octanol–water partition coefficient (Wildman–Crippen LogP) is 4.05. The van der Waals surface area contributed by atoms with Gasteiger partial charge in [0, 0.05) is 15.5 Å². The first-order valence-corrected chi connectivity index (χ1v) is 6.53. The SMILES string of the molecule is Nc1cc(Cl)c(Sc2ccc(F)c(F)c2)c(C(=O)O)c1. The Balaban J connectivity index is 2.47. The topological polar surface area (TPSA) is 63.3 Å². The number of carbonyl (C=O) groups is 1. The summed E-state index contributed by atoms with van der Waals surface area (Å²) in [5.74, 6) is -3.20. The quantitative estimate of drug-likeness (QED) is 0.839. The van der Waals surface area contributed by atoms with E-state index in [0.29, 0.717) is 4.90 Å². The molecule has 3 N–H and O–H groups in total. The van der Waals surface area contributed by atoms with Crippen molar-refractivity contribution in [2.45, 2.75) is 9.79 Å². The number of nitrogens with two attached hydrogens (primary N) is 1. The molecule has 0 aliphatic rings. The van der Waals surface area contributed by atoms with E-state index in [0.717, 1.165) is 23.9 Å². The van der Waals surface area contributed by atoms with Crippen LogP contribution in [0.4, 0.5) is 14.5 Å². The van der Waals surface area contributed by atoms with Gasteiger partial charge in [-0.1, -0.05) is 23.4 Å². The summed E-state index contributed by atoms with van der Waals surface area (Å²) in [5, 5.41) is 9.27. The summed E-state index contributed by atoms with van der Waals surface area (Å²) in [6, 6.07) is 5.93. The number of rotatable bonds is 3. The molecule has 0 amide bonds. The number of aromatic carboxylic acids is 1. The highest BCUT2D eigenvalue weighted by atomic mass is 35.5. The summed E-state index contributed by atoms with van der Waals surface area (Å²) in [4.78, 5) is 11.7. The maximum atomic E-state index is 13.1. The number of nitrogen functional groups attached to an aromatic ring is 1. The smallest absolute Gasteiger partial charge is 0.336 e. The van der Waals surface area contributed by atoms with Gasteiger partial charge in [0.05, 0.1) is 10.6 Å². The molecule has 2 aromatic carbocycles. The standard InChI is InChI=1S/C13H8ClF2NO2S/c14-9-4-6(17)3-8(13(18)19)12(9)20-7-1-2-10(15)11(16)5-7/h1-5H,17H2,(H,18,19). The molecule has 0 aliphatic carbocycles. The monoisotopic (exact) mass is 315 g/mol. The Bertz CT molecular complexity index is 694. The minimum Gasteiger partial charge on any atom is -0.478 e. The fraction of sp³-hybridized carbons (Fsp3) is 0. The van der Waals surface area contributed by atoms with E-state index in [-0.39, 0.29) is 21.2 Å². The molecule has 0 aliphatic heterocycles. The van der Waals surface area contributed by atoms with Crippen LogP contribution in [0.3, 0.4) is 0 Å². The van der Waals surface area contributed by atoms with Crippen molar-refractivity contribution in [2.75, 3.05) is 5.73 Å². The Kier molecular flexibility index (Phi) is 4.15. The van der Waals surface area contributed by atoms with Crippen molar-refractivity contribution < 1.29 is 18.7 Å². The van der Waals surface area contributed by atoms with Crippen molar-refractivity contribution in [3.05, 3.63) is 52.6 Å². The van der Waals surface area contributed by atoms with Gasteiger partial charge in [-0.15, -0.1) is 0 Å². The summed E-state index contributed by atoms with van der Waals surface area (Å²) in [6.07, 6.45) is 0. The molecule has 7 heteroatoms. The number of carboxylic acids is 1. The van der Waals surface area contributed by atoms with Crippen LogP contribution < -0.4 is 5.73 Å². The number of halogens is 3. The number of hydrogen-bond donors (Lipinski definition) is 2. The Morgan fingerprint density at radius 1 is 1.20 bits per heavy atom. The third-order valence-corrected chi connectivity index (χ3v) is 3.95. The third kappa shape index (κ3) is 3.02. The first-order valence-electron chi connectivity index (χ1n) is 5.33. The molecule has 0 spiro atoms. The van der Waals surface area contributed by atoms with Crippen molar-refractivity contribution in [1.29, 1.82) is 0 Å². The highest BCUT2D eigenvalue weighted by Gasteiger charge is 2.16. The highest BCUT2D eigenvalue weighted by Crippen LogP contribution is 2.38. The molecule has 3 nitrogen and oxygen atoms in total. The first kappa shape index (κ1) is 14.6. The lowest BCUT2D eigenvalue weighted by atomic mass is 10.2. The molecule has 0 fully saturated rings. The molecular weight excluding hydrogens is 308 g/mol. The second kappa shape index (κ2) is 5.68. The summed E-state index contributed by atoms with van der Waals surface area (Å²) in [5.41, 5.74) is 5.65. The largest absolute Gasteiger partial charge is 0.478 e. The second-order valence-corrected chi connectivity index (χ2v) is 5.35. The first-order chi connectivity index (χ1) is 9.38. The Morgan fingerprint density at radius 3 is 2.50 bits per heavy atom. The average Bonchev–Trinajstić information content (AvgIpc) is 2.36. The van der Waals surface area contributed by atoms with Gasteiger partial charge in [-0.3, -0.25) is 0 Å². The van der Waals surface area contributed by atoms with E-state index in [4.69, 9.17) is 22.4 Å². The number of anilines is 1. The average molecular weight is 316 g/mol. The predicted molar refractivity (Wildman–Crippen MR) is 73.3 cm³/mol. The molecule has 0 heterocycles. The van der Waals surface area contributed by atoms with Crippen LogP contribution in [0.2, 0.25) is 5.02 Å². The van der Waals surface area contributed by atoms with Crippen molar-refractivity contribution in [1.82, 2.24) is 0 Å². The highest BCUT2D eigenvalue weighted by molar-refractivity contribution is 7.99. The Labute approximate surface area is 122 Å². The van der Waals surface area contributed by atoms with E-state index in [2.05, 4.69) is 0 Å². The molecule has 0 saturated heterocycles. The van der Waals surface area contributed by atoms with Gasteiger partial charge in [0.25, 0.3) is 0 Å². The maximum absolute atomic E-state index is 13.1. The molecule has 2 aromatic rings. The molecular formula is C13H8ClF2NO2S. The zero-order chi connectivity index (χ0) is 14.9. The zero-order valence-corrected chi connectivity index (χ0v) is 11.4. The van der Waals surface area contributed by atoms with Gasteiger partial charge in [0.15, 0.2) is 11.6 Å². The molecule has 2 rings (SSSR count). The fourth-order valence-electron chi connectivity index (χ4n) is 1.54. The van der Waals surface area contributed by atoms with Crippen LogP contribution in [0.5, 0.6) is 0 Å². The van der Waals surface area contributed by atoms with Crippen LogP contribution in [-0.4, -0.2) is 11.1 Å². The second-order valence-electron chi connectivity index (χ2n) is 3.86. The molecule has 0 saturated carbocycles. The number of benzene rings is 2. The van der Waals surface area contributed by atoms with Crippen LogP contribution in [-0.2, 0) is 0 Å². The summed E-state index contributed by atoms with van der Waals surface area (Å²) < 4.78 is 26.0. The van der Waals surface area contributed by atoms with Crippen LogP contribution in [0, 0.1) is 11.6 Å². The molecule has 0 aromatic heterocycles. The van der Waals surface area contributed by atoms with Gasteiger partial charge >= 0.3 is 5.97 Å². The van der Waals surface area contributed by atoms with Crippen molar-refractivity contribution in [3.8, 4) is 0 Å². The van der Waals surface area contributed by atoms with Crippen LogP contribution in [0.1, 0.15) is 10.4 Å². The van der Waals surface area contributed by atoms with Crippen LogP contribution in [0.15, 0.2) is 40.1 Å². The molecule has 0 bridgehead atoms. The van der Waals surface area contributed by atoms with Crippen LogP contribution in [0.25, 0.3) is 0 Å². The Hall–Kier alpha value is -1.79. The molecule has 0 atom stereocenters. The van der Waals surface area contributed by atoms with E-state index in [1.54, 1.807) is 0 Å². The van der Waals surface area contributed by atoms with Crippen molar-refractivity contribution in [3.63, 3.8) is 0 Å². The zero-order valence-electron chi connectivity index (χ0n) is 9.86. The van der Waals surface area contributed by atoms with Gasteiger partial charge in [-0.25, -0.2) is 13.6 Å². The van der Waals surface area contributed by atoms with E-state index >= 15 is 0 Å². The van der Waals surface area contributed by atoms with Crippen molar-refractivity contribution in [2.24, 2.45) is 0 Å². The lowest BCUT2D eigenvalue weighted by Gasteiger charge is -2.09. The van der Waals surface area contributed by atoms with E-state index < -0.39 is 17.6 Å². The lowest BCUT2D eigenvalue weighted by Crippen LogP contribution is -2.01. The molecule has 0 radical (unpaired) electrons. The van der Waals surface area contributed by atoms with Gasteiger partial charge in [-0.2, -0.15) is 0 Å². The molecule has 104 valence electrons. The van der Waals surface area contributed by atoms with Gasteiger partial charge in [-0.05, 0) is 30.3 Å². The summed E-state index contributed by atoms with van der Waals surface area (Å²) in [6.45, 7) is 0. The minimum absolute atomic E-state index is 0.0928. The fourth-order valence-corrected chi connectivity index (χ4v) is 2.83. The van der Waals surface area contributed by atoms with E-state index in [1.807, 2.05) is 0 Å². The lowest BCUT2D eigenvalue weighted by molar-refractivity contribution is 0.0693. The van der Waals surface area contributed by atoms with E-state index in [9.17, 15) is 13.6 Å².